The molecule has 0 N–H and O–H groups in total. The van der Waals surface area contributed by atoms with E-state index in [0.717, 1.165) is 0 Å². The van der Waals surface area contributed by atoms with Gasteiger partial charge in [0.1, 0.15) is 0 Å². The average Bonchev–Trinajstić information content (AvgIpc) is 1.70. The first-order valence-corrected chi connectivity index (χ1v) is 2.92. The highest BCUT2D eigenvalue weighted by molar-refractivity contribution is 5.86. The fourth-order valence-corrected chi connectivity index (χ4v) is 0. The molecule has 0 fully saturated rings. The molecule has 0 unspecified atom stereocenters. The lowest BCUT2D eigenvalue weighted by Crippen LogP contribution is -1.40. The lowest BCUT2D eigenvalue weighted by Gasteiger charge is -1.45. The zero-order valence-corrected chi connectivity index (χ0v) is 9.93. The van der Waals surface area contributed by atoms with Gasteiger partial charge in [0, 0.05) is 0 Å². The summed E-state index contributed by atoms with van der Waals surface area (Å²) < 4.78 is 30.9. The Bertz CT molecular complexity index is 22.8. The average molecular weight is 254 g/mol. The predicted molar refractivity (Wildman–Crippen MR) is 56.7 cm³/mol. The molecule has 0 rings (SSSR count). The highest BCUT2D eigenvalue weighted by Crippen LogP contribution is 1.49. The van der Waals surface area contributed by atoms with E-state index >= 15 is 0 Å². The Kier molecular flexibility index (Phi) is 320. The van der Waals surface area contributed by atoms with Gasteiger partial charge in [0.15, 0.2) is 0 Å². The molecule has 12 heavy (non-hydrogen) atoms. The Morgan fingerprint density at radius 1 is 0.583 bits per heavy atom. The van der Waals surface area contributed by atoms with Gasteiger partial charge in [-0.2, -0.15) is 0 Å². The minimum atomic E-state index is -0.250. The molecular formula is C6H18Cl3F3. The standard InChI is InChI=1S/3C2H5F.3ClH/c3*1-2-3;;;/h3*2H2,1H3;3*1H. The topological polar surface area (TPSA) is 0 Å². The van der Waals surface area contributed by atoms with E-state index in [2.05, 4.69) is 0 Å². The molecule has 0 aromatic heterocycles. The maximum absolute atomic E-state index is 10.3. The molecular weight excluding hydrogens is 235 g/mol. The Morgan fingerprint density at radius 2 is 0.583 bits per heavy atom. The summed E-state index contributed by atoms with van der Waals surface area (Å²) in [6.45, 7) is 3.63. The van der Waals surface area contributed by atoms with Crippen molar-refractivity contribution in [1.82, 2.24) is 0 Å². The van der Waals surface area contributed by atoms with Crippen LogP contribution in [-0.4, -0.2) is 20.0 Å². The van der Waals surface area contributed by atoms with Gasteiger partial charge in [-0.25, -0.2) is 0 Å². The molecule has 0 aliphatic carbocycles. The second-order valence-electron chi connectivity index (χ2n) is 0.802. The molecule has 0 atom stereocenters. The zero-order chi connectivity index (χ0) is 8.12. The van der Waals surface area contributed by atoms with Gasteiger partial charge >= 0.3 is 0 Å². The van der Waals surface area contributed by atoms with Crippen molar-refractivity contribution >= 4 is 37.2 Å². The Hall–Kier alpha value is 0.660. The first-order valence-electron chi connectivity index (χ1n) is 2.92. The van der Waals surface area contributed by atoms with E-state index in [1.54, 1.807) is 0 Å². The fraction of sp³-hybridized carbons (Fsp3) is 1.00. The van der Waals surface area contributed by atoms with Gasteiger partial charge in [-0.1, -0.05) is 0 Å². The molecule has 0 aliphatic heterocycles. The van der Waals surface area contributed by atoms with Gasteiger partial charge in [-0.3, -0.25) is 13.2 Å². The normalized spacial score (nSPS) is 4.50. The van der Waals surface area contributed by atoms with Crippen LogP contribution < -0.4 is 0 Å². The van der Waals surface area contributed by atoms with E-state index in [9.17, 15) is 13.2 Å². The molecule has 0 saturated carbocycles. The summed E-state index contributed by atoms with van der Waals surface area (Å²) in [4.78, 5) is 0. The monoisotopic (exact) mass is 252 g/mol. The smallest absolute Gasteiger partial charge is 0.0866 e. The van der Waals surface area contributed by atoms with Gasteiger partial charge in [0.05, 0.1) is 20.0 Å². The second-order valence-corrected chi connectivity index (χ2v) is 0.802. The summed E-state index contributed by atoms with van der Waals surface area (Å²) in [6, 6.07) is 0. The molecule has 84 valence electrons. The molecule has 0 heterocycles. The van der Waals surface area contributed by atoms with Crippen LogP contribution in [0.15, 0.2) is 0 Å². The van der Waals surface area contributed by atoms with Gasteiger partial charge in [-0.15, -0.1) is 37.2 Å². The van der Waals surface area contributed by atoms with Crippen molar-refractivity contribution in [2.24, 2.45) is 0 Å². The largest absolute Gasteiger partial charge is 0.251 e. The van der Waals surface area contributed by atoms with E-state index in [4.69, 9.17) is 0 Å². The maximum atomic E-state index is 10.3. The highest BCUT2D eigenvalue weighted by Gasteiger charge is 1.40. The fourth-order valence-electron chi connectivity index (χ4n) is 0. The lowest BCUT2D eigenvalue weighted by atomic mass is 10.9. The van der Waals surface area contributed by atoms with Crippen LogP contribution in [0.25, 0.3) is 0 Å². The zero-order valence-electron chi connectivity index (χ0n) is 7.48. The molecule has 0 amide bonds. The summed E-state index contributed by atoms with van der Waals surface area (Å²) in [5.74, 6) is 0. The molecule has 0 spiro atoms. The summed E-state index contributed by atoms with van der Waals surface area (Å²) in [7, 11) is 0. The lowest BCUT2D eigenvalue weighted by molar-refractivity contribution is 0.527. The second kappa shape index (κ2) is 98.9. The molecule has 0 saturated heterocycles. The highest BCUT2D eigenvalue weighted by atomic mass is 35.5. The number of hydrogen-bond donors (Lipinski definition) is 0. The SMILES string of the molecule is CCF.CCF.CCF.Cl.Cl.Cl. The maximum Gasteiger partial charge on any atom is 0.0866 e. The van der Waals surface area contributed by atoms with Crippen molar-refractivity contribution in [3.05, 3.63) is 0 Å². The molecule has 0 nitrogen and oxygen atoms in total. The number of rotatable bonds is 0. The molecule has 0 aliphatic rings. The van der Waals surface area contributed by atoms with Crippen molar-refractivity contribution < 1.29 is 13.2 Å². The summed E-state index contributed by atoms with van der Waals surface area (Å²) in [6.07, 6.45) is 0. The van der Waals surface area contributed by atoms with E-state index in [-0.39, 0.29) is 57.2 Å². The number of hydrogen-bond acceptors (Lipinski definition) is 0. The van der Waals surface area contributed by atoms with Crippen LogP contribution in [0, 0.1) is 0 Å². The van der Waals surface area contributed by atoms with Crippen molar-refractivity contribution in [1.29, 1.82) is 0 Å². The summed E-state index contributed by atoms with van der Waals surface area (Å²) in [5, 5.41) is 0. The third-order valence-electron chi connectivity index (χ3n) is 0. The van der Waals surface area contributed by atoms with Crippen LogP contribution in [0.1, 0.15) is 20.8 Å². The minimum absolute atomic E-state index is 0. The van der Waals surface area contributed by atoms with Crippen molar-refractivity contribution in [2.45, 2.75) is 20.8 Å². The van der Waals surface area contributed by atoms with Crippen LogP contribution in [0.4, 0.5) is 13.2 Å². The van der Waals surface area contributed by atoms with Crippen LogP contribution in [0.2, 0.25) is 0 Å². The predicted octanol–water partition coefficient (Wildman–Crippen LogP) is 4.19. The molecule has 0 aromatic carbocycles. The van der Waals surface area contributed by atoms with E-state index < -0.39 is 0 Å². The van der Waals surface area contributed by atoms with Crippen LogP contribution in [0.5, 0.6) is 0 Å². The summed E-state index contributed by atoms with van der Waals surface area (Å²) in [5.41, 5.74) is 0. The number of halogens is 6. The molecule has 0 radical (unpaired) electrons. The molecule has 6 heteroatoms. The van der Waals surface area contributed by atoms with Gasteiger partial charge in [0.25, 0.3) is 0 Å². The van der Waals surface area contributed by atoms with E-state index in [1.807, 2.05) is 0 Å². The van der Waals surface area contributed by atoms with Crippen molar-refractivity contribution in [3.8, 4) is 0 Å². The van der Waals surface area contributed by atoms with E-state index in [0.29, 0.717) is 0 Å². The molecule has 0 bridgehead atoms. The van der Waals surface area contributed by atoms with Gasteiger partial charge in [-0.05, 0) is 20.8 Å². The Morgan fingerprint density at radius 3 is 0.583 bits per heavy atom. The van der Waals surface area contributed by atoms with Crippen molar-refractivity contribution in [2.75, 3.05) is 20.0 Å². The Labute approximate surface area is 91.5 Å². The van der Waals surface area contributed by atoms with Crippen LogP contribution in [-0.2, 0) is 0 Å². The van der Waals surface area contributed by atoms with E-state index in [1.165, 1.54) is 20.8 Å². The first-order chi connectivity index (χ1) is 4.24. The van der Waals surface area contributed by atoms with Crippen LogP contribution in [0.3, 0.4) is 0 Å². The van der Waals surface area contributed by atoms with Gasteiger partial charge < -0.3 is 0 Å². The quantitative estimate of drug-likeness (QED) is 0.607. The molecule has 0 aromatic rings. The van der Waals surface area contributed by atoms with Crippen molar-refractivity contribution in [3.63, 3.8) is 0 Å². The number of alkyl halides is 3. The third-order valence-corrected chi connectivity index (χ3v) is 0. The summed E-state index contributed by atoms with van der Waals surface area (Å²) >= 11 is 0. The Balaban J connectivity index is -0.00000001000. The van der Waals surface area contributed by atoms with Gasteiger partial charge in [0.2, 0.25) is 0 Å². The van der Waals surface area contributed by atoms with Crippen LogP contribution >= 0.6 is 37.2 Å². The minimum Gasteiger partial charge on any atom is -0.251 e. The first kappa shape index (κ1) is 38.8. The third kappa shape index (κ3) is 2280.